The summed E-state index contributed by atoms with van der Waals surface area (Å²) in [6.45, 7) is 23.2. The zero-order chi connectivity index (χ0) is 51.4. The topological polar surface area (TPSA) is 222 Å². The summed E-state index contributed by atoms with van der Waals surface area (Å²) in [6.07, 6.45) is 3.59. The highest BCUT2D eigenvalue weighted by atomic mass is 32.2. The van der Waals surface area contributed by atoms with E-state index in [0.717, 1.165) is 58.3 Å². The number of amides is 4. The van der Waals surface area contributed by atoms with Crippen LogP contribution in [-0.4, -0.2) is 52.1 Å². The van der Waals surface area contributed by atoms with E-state index in [2.05, 4.69) is 43.2 Å². The number of carbonyl (C=O) groups is 2. The Labute approximate surface area is 412 Å². The van der Waals surface area contributed by atoms with Gasteiger partial charge in [0, 0.05) is 69.3 Å². The Morgan fingerprint density at radius 3 is 1.87 bits per heavy atom. The molecule has 0 radical (unpaired) electrons. The van der Waals surface area contributed by atoms with Gasteiger partial charge in [0.05, 0.1) is 17.4 Å². The Balaban J connectivity index is 1.74. The third-order valence-corrected chi connectivity index (χ3v) is 14.6. The van der Waals surface area contributed by atoms with Crippen molar-refractivity contribution in [2.75, 3.05) is 22.5 Å². The van der Waals surface area contributed by atoms with E-state index in [9.17, 15) is 31.0 Å². The van der Waals surface area contributed by atoms with Crippen molar-refractivity contribution < 1.29 is 40.4 Å². The number of fused-ring (bicyclic) bond motifs is 2. The Hall–Kier alpha value is -6.27. The number of hydrogen-bond acceptors (Lipinski definition) is 8. The van der Waals surface area contributed by atoms with Crippen LogP contribution in [0.15, 0.2) is 74.9 Å². The Bertz CT molecular complexity index is 3250. The Morgan fingerprint density at radius 2 is 1.27 bits per heavy atom. The van der Waals surface area contributed by atoms with Gasteiger partial charge in [0.2, 0.25) is 21.1 Å². The molecule has 0 saturated carbocycles. The molecule has 4 aromatic rings. The molecule has 70 heavy (non-hydrogen) atoms. The van der Waals surface area contributed by atoms with Crippen LogP contribution in [0.4, 0.5) is 38.0 Å². The van der Waals surface area contributed by atoms with Crippen molar-refractivity contribution in [2.24, 2.45) is 0 Å². The maximum absolute atomic E-state index is 14.6. The van der Waals surface area contributed by atoms with Gasteiger partial charge in [-0.3, -0.25) is 4.55 Å². The van der Waals surface area contributed by atoms with Crippen molar-refractivity contribution in [1.82, 2.24) is 15.4 Å². The summed E-state index contributed by atoms with van der Waals surface area (Å²) < 4.78 is 76.0. The zero-order valence-electron chi connectivity index (χ0n) is 42.3. The van der Waals surface area contributed by atoms with E-state index >= 15 is 0 Å². The van der Waals surface area contributed by atoms with Gasteiger partial charge in [0.15, 0.2) is 4.90 Å². The van der Waals surface area contributed by atoms with Crippen LogP contribution in [0, 0.1) is 41.5 Å². The number of rotatable bonds is 17. The monoisotopic (exact) mass is 994 g/mol. The molecule has 15 nitrogen and oxygen atoms in total. The van der Waals surface area contributed by atoms with E-state index in [-0.39, 0.29) is 62.7 Å². The number of aryl methyl sites for hydroxylation is 5. The van der Waals surface area contributed by atoms with Gasteiger partial charge in [-0.25, -0.2) is 27.7 Å². The van der Waals surface area contributed by atoms with E-state index in [4.69, 9.17) is 4.42 Å². The SMILES string of the molecule is CCCCNS(=O)(=O)c1cc2c(-c3ccccc3S(=O)(=O)O)c3cc(CCCC)c(Nc4c(C)cc(C)c(NC(=O)NC(C)C)c4C)cc3oc-2cc1=[NH+]c1c(C)cc(C)c(NC(=O)NC(C)C)c1C. The first-order valence-corrected chi connectivity index (χ1v) is 26.8. The van der Waals surface area contributed by atoms with Crippen LogP contribution in [0.3, 0.4) is 0 Å². The highest BCUT2D eigenvalue weighted by Crippen LogP contribution is 2.45. The number of hydrogen-bond donors (Lipinski definition) is 8. The summed E-state index contributed by atoms with van der Waals surface area (Å²) in [5.74, 6) is 0.206. The molecule has 1 heterocycles. The lowest BCUT2D eigenvalue weighted by Crippen LogP contribution is -2.72. The van der Waals surface area contributed by atoms with Crippen LogP contribution in [0.2, 0.25) is 0 Å². The first-order chi connectivity index (χ1) is 32.9. The van der Waals surface area contributed by atoms with Crippen molar-refractivity contribution in [1.29, 1.82) is 0 Å². The molecule has 0 saturated heterocycles. The van der Waals surface area contributed by atoms with Crippen LogP contribution in [-0.2, 0) is 26.6 Å². The summed E-state index contributed by atoms with van der Waals surface area (Å²) >= 11 is 0. The molecular weight excluding hydrogens is 927 g/mol. The van der Waals surface area contributed by atoms with Crippen molar-refractivity contribution in [3.05, 3.63) is 105 Å². The van der Waals surface area contributed by atoms with E-state index in [1.54, 1.807) is 18.2 Å². The Morgan fingerprint density at radius 1 is 0.686 bits per heavy atom. The molecule has 0 aromatic heterocycles. The number of urea groups is 2. The first kappa shape index (κ1) is 53.1. The van der Waals surface area contributed by atoms with Gasteiger partial charge in [-0.1, -0.05) is 51.0 Å². The standard InChI is InChI=1S/C53H67N7O8S2/c1-13-15-19-37-25-39-43(27-41(37)57-48-31(7)23-33(9)50(35(48)11)59-52(61)55-29(3)4)68-44-28-42(58-49-32(8)24-34(10)51(36(49)12)60-53(62)56-30(5)6)46(69(63,64)54-22-16-14-2)26-40(44)47(39)38-20-17-18-21-45(38)70(65,66)67/h17-18,20-21,23-30,54,57H,13-16,19,22H2,1-12H3,(H2,55,59,61)(H2,56,60,62)(H,65,66,67)/p+1. The first-order valence-electron chi connectivity index (χ1n) is 23.8. The maximum atomic E-state index is 14.6. The number of anilines is 4. The van der Waals surface area contributed by atoms with Crippen molar-refractivity contribution >= 4 is 71.6 Å². The van der Waals surface area contributed by atoms with E-state index in [0.29, 0.717) is 57.7 Å². The van der Waals surface area contributed by atoms with Crippen LogP contribution < -0.4 is 41.7 Å². The fourth-order valence-corrected chi connectivity index (χ4v) is 10.8. The molecule has 1 aliphatic heterocycles. The molecule has 0 bridgehead atoms. The molecule has 1 aliphatic carbocycles. The van der Waals surface area contributed by atoms with Gasteiger partial charge in [-0.2, -0.15) is 8.42 Å². The molecule has 2 aliphatic rings. The normalized spacial score (nSPS) is 12.3. The molecule has 4 aromatic carbocycles. The second-order valence-corrected chi connectivity index (χ2v) is 21.8. The fourth-order valence-electron chi connectivity index (χ4n) is 8.90. The molecule has 8 N–H and O–H groups in total. The van der Waals surface area contributed by atoms with Crippen LogP contribution in [0.25, 0.3) is 33.4 Å². The molecule has 17 heteroatoms. The summed E-state index contributed by atoms with van der Waals surface area (Å²) in [7, 11) is -9.09. The van der Waals surface area contributed by atoms with Crippen LogP contribution >= 0.6 is 0 Å². The highest BCUT2D eigenvalue weighted by molar-refractivity contribution is 7.89. The lowest BCUT2D eigenvalue weighted by molar-refractivity contribution is -0.406. The molecule has 0 fully saturated rings. The quantitative estimate of drug-likeness (QED) is 0.0247. The number of nitrogens with one attached hydrogen (secondary N) is 7. The van der Waals surface area contributed by atoms with E-state index < -0.39 is 20.1 Å². The number of benzene rings is 5. The average Bonchev–Trinajstić information content (AvgIpc) is 3.26. The van der Waals surface area contributed by atoms with Gasteiger partial charge >= 0.3 is 12.1 Å². The van der Waals surface area contributed by atoms with Crippen LogP contribution in [0.1, 0.15) is 106 Å². The minimum atomic E-state index is -4.81. The molecule has 4 amide bonds. The second-order valence-electron chi connectivity index (χ2n) is 18.7. The predicted molar refractivity (Wildman–Crippen MR) is 280 cm³/mol. The molecule has 0 atom stereocenters. The third-order valence-electron chi connectivity index (χ3n) is 12.2. The van der Waals surface area contributed by atoms with E-state index in [1.807, 2.05) is 100 Å². The summed E-state index contributed by atoms with van der Waals surface area (Å²) in [5.41, 5.74) is 10.1. The Kier molecular flexibility index (Phi) is 16.5. The average molecular weight is 995 g/mol. The summed E-state index contributed by atoms with van der Waals surface area (Å²) in [4.78, 5) is 28.9. The maximum Gasteiger partial charge on any atom is 0.319 e. The van der Waals surface area contributed by atoms with Crippen LogP contribution in [0.5, 0.6) is 0 Å². The van der Waals surface area contributed by atoms with Gasteiger partial charge < -0.3 is 31.0 Å². The summed E-state index contributed by atoms with van der Waals surface area (Å²) in [6, 6.07) is 15.9. The lowest BCUT2D eigenvalue weighted by Gasteiger charge is -2.23. The summed E-state index contributed by atoms with van der Waals surface area (Å²) in [5, 5.41) is 16.1. The van der Waals surface area contributed by atoms with Gasteiger partial charge in [0.1, 0.15) is 16.2 Å². The molecule has 374 valence electrons. The fraction of sp³-hybridized carbons (Fsp3) is 0.377. The van der Waals surface area contributed by atoms with Crippen molar-refractivity contribution in [3.63, 3.8) is 0 Å². The minimum Gasteiger partial charge on any atom is -0.456 e. The largest absolute Gasteiger partial charge is 0.456 e. The predicted octanol–water partition coefficient (Wildman–Crippen LogP) is 9.84. The smallest absolute Gasteiger partial charge is 0.319 e. The molecule has 6 rings (SSSR count). The minimum absolute atomic E-state index is 0.0722. The van der Waals surface area contributed by atoms with E-state index in [1.165, 1.54) is 18.2 Å². The van der Waals surface area contributed by atoms with Gasteiger partial charge in [-0.15, -0.1) is 0 Å². The third kappa shape index (κ3) is 11.8. The van der Waals surface area contributed by atoms with Crippen molar-refractivity contribution in [2.45, 2.75) is 137 Å². The van der Waals surface area contributed by atoms with Gasteiger partial charge in [-0.05, 0) is 141 Å². The number of sulfonamides is 1. The molecular formula is C53H68N7O8S2+. The second kappa shape index (κ2) is 21.8. The lowest BCUT2D eigenvalue weighted by atomic mass is 9.91. The number of unbranched alkanes of at least 4 members (excludes halogenated alkanes) is 2. The highest BCUT2D eigenvalue weighted by Gasteiger charge is 2.30. The van der Waals surface area contributed by atoms with Crippen molar-refractivity contribution in [3.8, 4) is 22.5 Å². The molecule has 0 spiro atoms. The number of carbonyl (C=O) groups excluding carboxylic acids is 2. The van der Waals surface area contributed by atoms with Gasteiger partial charge in [0.25, 0.3) is 10.1 Å². The zero-order valence-corrected chi connectivity index (χ0v) is 43.9. The molecule has 0 unspecified atom stereocenters.